The van der Waals surface area contributed by atoms with Gasteiger partial charge in [-0.3, -0.25) is 19.2 Å². The maximum Gasteiger partial charge on any atom is 1.00 e. The van der Waals surface area contributed by atoms with Gasteiger partial charge in [-0.25, -0.2) is 8.78 Å². The standard InChI is InChI=1S/C24H25FN2O2.C13H15N3O.C10H10ClFO.C3H9N.C2H7N.HI.K/c25-18-8-6-16(7-9-18)23(29)5-2-11-26-12-10-22-21(15-26)20-4-1-3-17-13-19(28)14-27(22)24(17)20;17-12-7-16-11-4-5-14-6-9(11)8-2-1-3-10(15-12)13(8)16;11-7-1-2-10(13)8-3-5-9(12)6-4-8;1-3-4-2;1-3-2;;/h1,3-4,6-9,21-22H,2,5,10-15H2;1-3,9,11,14H,4-7H2,(H,15,17);3-6H,1-2,7H2;4H,3H2,1-2H3;3H,1-2H3;1H;/q;;;;;;+1/p-1/t21-,22-;9-,11-;;;;;/m00...../s1. The Labute approximate surface area is 466 Å². The van der Waals surface area contributed by atoms with Crippen LogP contribution in [0.3, 0.4) is 0 Å². The Morgan fingerprint density at radius 1 is 0.765 bits per heavy atom. The van der Waals surface area contributed by atoms with Crippen molar-refractivity contribution in [3.05, 3.63) is 124 Å². The minimum atomic E-state index is -0.325. The van der Waals surface area contributed by atoms with E-state index in [-0.39, 0.29) is 104 Å². The molecule has 0 spiro atoms. The molecule has 2 saturated heterocycles. The predicted octanol–water partition coefficient (Wildman–Crippen LogP) is 1.59. The van der Waals surface area contributed by atoms with Gasteiger partial charge in [0, 0.05) is 85.5 Å². The number of likely N-dealkylation sites (tertiary alicyclic amines) is 1. The number of Topliss-reactive ketones (excluding diaryl/α,β-unsaturated/α-hetero) is 3. The summed E-state index contributed by atoms with van der Waals surface area (Å²) in [5, 5.41) is 12.1. The van der Waals surface area contributed by atoms with Crippen LogP contribution in [0.1, 0.15) is 94.7 Å². The van der Waals surface area contributed by atoms with Gasteiger partial charge in [-0.05, 0) is 138 Å². The van der Waals surface area contributed by atoms with E-state index in [4.69, 9.17) is 11.6 Å². The molecule has 0 bridgehead atoms. The maximum atomic E-state index is 13.0. The summed E-state index contributed by atoms with van der Waals surface area (Å²) < 4.78 is 25.5. The summed E-state index contributed by atoms with van der Waals surface area (Å²) in [7, 11) is 5.68. The Kier molecular flexibility index (Phi) is 24.7. The Bertz CT molecular complexity index is 2280. The molecule has 2 fully saturated rings. The molecule has 4 N–H and O–H groups in total. The second kappa shape index (κ2) is 29.0. The number of alkyl halides is 1. The van der Waals surface area contributed by atoms with Crippen molar-refractivity contribution in [3.63, 3.8) is 0 Å². The molecule has 68 heavy (non-hydrogen) atoms. The van der Waals surface area contributed by atoms with E-state index in [2.05, 4.69) is 73.2 Å². The van der Waals surface area contributed by atoms with Crippen LogP contribution in [0.4, 0.5) is 25.8 Å². The minimum Gasteiger partial charge on any atom is -1.00 e. The minimum absolute atomic E-state index is 0. The molecule has 10 rings (SSSR count). The van der Waals surface area contributed by atoms with Gasteiger partial charge in [0.25, 0.3) is 0 Å². The molecule has 4 atom stereocenters. The number of amides is 1. The van der Waals surface area contributed by atoms with Gasteiger partial charge in [-0.1, -0.05) is 37.3 Å². The summed E-state index contributed by atoms with van der Waals surface area (Å²) in [6, 6.07) is 25.0. The van der Waals surface area contributed by atoms with Crippen LogP contribution in [0, 0.1) is 11.6 Å². The molecule has 11 nitrogen and oxygen atoms in total. The first-order chi connectivity index (χ1) is 32.0. The third kappa shape index (κ3) is 14.9. The Balaban J connectivity index is 0.000000220. The second-order valence-corrected chi connectivity index (χ2v) is 17.9. The van der Waals surface area contributed by atoms with Gasteiger partial charge in [-0.2, -0.15) is 0 Å². The fraction of sp³-hybridized carbons (Fsp3) is 0.462. The predicted molar refractivity (Wildman–Crippen MR) is 262 cm³/mol. The zero-order valence-electron chi connectivity index (χ0n) is 40.2. The molecule has 4 aromatic carbocycles. The summed E-state index contributed by atoms with van der Waals surface area (Å²) in [5.41, 5.74) is 8.69. The largest absolute Gasteiger partial charge is 1.00 e. The van der Waals surface area contributed by atoms with Crippen molar-refractivity contribution >= 4 is 51.9 Å². The molecular weight excluding hydrogens is 1030 g/mol. The first-order valence-electron chi connectivity index (χ1n) is 23.4. The van der Waals surface area contributed by atoms with Crippen LogP contribution in [0.25, 0.3) is 0 Å². The number of nitrogens with one attached hydrogen (secondary N) is 4. The van der Waals surface area contributed by atoms with Crippen LogP contribution < -0.4 is 106 Å². The Morgan fingerprint density at radius 2 is 1.32 bits per heavy atom. The van der Waals surface area contributed by atoms with Gasteiger partial charge in [-0.15, -0.1) is 11.6 Å². The molecule has 16 heteroatoms. The van der Waals surface area contributed by atoms with Gasteiger partial charge >= 0.3 is 51.4 Å². The van der Waals surface area contributed by atoms with Gasteiger partial charge in [0.1, 0.15) is 11.6 Å². The molecule has 6 aliphatic heterocycles. The maximum absolute atomic E-state index is 13.0. The van der Waals surface area contributed by atoms with Crippen LogP contribution in [-0.2, 0) is 16.0 Å². The molecule has 0 radical (unpaired) electrons. The molecule has 0 aliphatic carbocycles. The number of anilines is 3. The molecular formula is C52H66ClF2IKN7O4. The van der Waals surface area contributed by atoms with Crippen molar-refractivity contribution in [1.82, 2.24) is 20.9 Å². The number of halogens is 4. The topological polar surface area (TPSA) is 126 Å². The average Bonchev–Trinajstić information content (AvgIpc) is 3.82. The summed E-state index contributed by atoms with van der Waals surface area (Å²) in [6.45, 7) is 9.18. The number of piperidine rings is 2. The molecule has 1 amide bonds. The molecule has 0 saturated carbocycles. The van der Waals surface area contributed by atoms with Crippen molar-refractivity contribution < 1.29 is 103 Å². The Hall–Kier alpha value is -2.68. The van der Waals surface area contributed by atoms with E-state index in [9.17, 15) is 28.0 Å². The van der Waals surface area contributed by atoms with Crippen molar-refractivity contribution in [2.75, 3.05) is 94.5 Å². The smallest absolute Gasteiger partial charge is 1.00 e. The monoisotopic (exact) mass is 1090 g/mol. The van der Waals surface area contributed by atoms with Crippen molar-refractivity contribution in [2.45, 2.75) is 75.8 Å². The zero-order chi connectivity index (χ0) is 47.2. The first kappa shape index (κ1) is 57.9. The van der Waals surface area contributed by atoms with E-state index in [1.165, 1.54) is 64.5 Å². The molecule has 0 aromatic heterocycles. The third-order valence-corrected chi connectivity index (χ3v) is 13.2. The second-order valence-electron chi connectivity index (χ2n) is 17.5. The molecule has 6 aliphatic rings. The van der Waals surface area contributed by atoms with Gasteiger partial charge in [0.15, 0.2) is 17.3 Å². The van der Waals surface area contributed by atoms with Crippen LogP contribution in [0.2, 0.25) is 0 Å². The normalized spacial score (nSPS) is 19.9. The fourth-order valence-electron chi connectivity index (χ4n) is 9.89. The van der Waals surface area contributed by atoms with E-state index in [0.717, 1.165) is 64.2 Å². The number of para-hydroxylation sites is 2. The fourth-order valence-corrected chi connectivity index (χ4v) is 10.0. The third-order valence-electron chi connectivity index (χ3n) is 12.9. The molecule has 6 heterocycles. The van der Waals surface area contributed by atoms with Crippen molar-refractivity contribution in [2.24, 2.45) is 0 Å². The summed E-state index contributed by atoms with van der Waals surface area (Å²) in [4.78, 5) is 54.7. The molecule has 4 aromatic rings. The first-order valence-corrected chi connectivity index (χ1v) is 23.9. The van der Waals surface area contributed by atoms with Crippen molar-refractivity contribution in [1.29, 1.82) is 0 Å². The number of hydrogen-bond donors (Lipinski definition) is 4. The number of carbonyl (C=O) groups excluding carboxylic acids is 4. The SMILES string of the molecule is CCNC.CNC.O=C(CCCCl)c1ccc(F)cc1.O=C1CN2c3c(cccc3[C@@H]3CNCC[C@@H]32)N1.O=C1Cc2cccc3c2N(C1)[C@H]1CCN(CCCC(=O)c2ccc(F)cc2)C[C@@H]31.[I-].[K+]. The number of benzene rings is 4. The van der Waals surface area contributed by atoms with Gasteiger partial charge in [0.05, 0.1) is 24.5 Å². The Morgan fingerprint density at radius 3 is 1.93 bits per heavy atom. The number of carbonyl (C=O) groups is 4. The van der Waals surface area contributed by atoms with Gasteiger partial charge in [0.2, 0.25) is 5.91 Å². The summed E-state index contributed by atoms with van der Waals surface area (Å²) in [6.07, 6.45) is 5.13. The van der Waals surface area contributed by atoms with Crippen LogP contribution in [0.15, 0.2) is 84.9 Å². The van der Waals surface area contributed by atoms with Crippen LogP contribution in [-0.4, -0.2) is 120 Å². The number of fused-ring (bicyclic) bond motifs is 6. The van der Waals surface area contributed by atoms with E-state index < -0.39 is 0 Å². The van der Waals surface area contributed by atoms with Crippen LogP contribution in [0.5, 0.6) is 0 Å². The number of rotatable bonds is 10. The van der Waals surface area contributed by atoms with Crippen LogP contribution >= 0.6 is 11.6 Å². The molecule has 0 unspecified atom stereocenters. The van der Waals surface area contributed by atoms with E-state index in [1.54, 1.807) is 12.1 Å². The summed E-state index contributed by atoms with van der Waals surface area (Å²) >= 11 is 5.45. The summed E-state index contributed by atoms with van der Waals surface area (Å²) in [5.74, 6) is 1.35. The number of nitrogens with zero attached hydrogens (tertiary/aromatic N) is 3. The van der Waals surface area contributed by atoms with E-state index >= 15 is 0 Å². The van der Waals surface area contributed by atoms with Crippen molar-refractivity contribution in [3.8, 4) is 0 Å². The van der Waals surface area contributed by atoms with E-state index in [0.29, 0.717) is 85.5 Å². The molecule has 362 valence electrons. The van der Waals surface area contributed by atoms with Gasteiger partial charge < -0.3 is 59.9 Å². The van der Waals surface area contributed by atoms with E-state index in [1.807, 2.05) is 27.2 Å². The number of ketones is 3. The zero-order valence-corrected chi connectivity index (χ0v) is 46.2. The average molecular weight is 1090 g/mol. The number of hydrogen-bond acceptors (Lipinski definition) is 10. The quantitative estimate of drug-likeness (QED) is 0.0807.